The molecule has 4 nitrogen and oxygen atoms in total. The topological polar surface area (TPSA) is 58.8 Å². The molecule has 1 unspecified atom stereocenters. The van der Waals surface area contributed by atoms with Crippen LogP contribution in [0, 0.1) is 11.3 Å². The van der Waals surface area contributed by atoms with Crippen molar-refractivity contribution in [1.29, 1.82) is 5.26 Å². The quantitative estimate of drug-likeness (QED) is 0.840. The monoisotopic (exact) mass is 253 g/mol. The fraction of sp³-hybridized carbons (Fsp3) is 0.267. The van der Waals surface area contributed by atoms with E-state index in [4.69, 9.17) is 4.74 Å². The molecule has 1 aromatic carbocycles. The standard InChI is InChI=1S/C15H15N3O/c1-11(2)19-13-5-3-12(4-6-13)14(9-16)15-7-8-17-10-18-15/h3-8,10-11,14H,1-2H3. The Hall–Kier alpha value is -2.41. The molecule has 4 heteroatoms. The molecule has 0 saturated carbocycles. The summed E-state index contributed by atoms with van der Waals surface area (Å²) in [5.41, 5.74) is 1.60. The molecule has 2 aromatic rings. The maximum absolute atomic E-state index is 9.31. The minimum Gasteiger partial charge on any atom is -0.491 e. The Morgan fingerprint density at radius 2 is 1.89 bits per heavy atom. The van der Waals surface area contributed by atoms with E-state index in [-0.39, 0.29) is 12.0 Å². The zero-order chi connectivity index (χ0) is 13.7. The molecule has 0 aliphatic carbocycles. The highest BCUT2D eigenvalue weighted by Gasteiger charge is 2.14. The first-order chi connectivity index (χ1) is 9.20. The molecule has 0 bridgehead atoms. The summed E-state index contributed by atoms with van der Waals surface area (Å²) in [7, 11) is 0. The van der Waals surface area contributed by atoms with Crippen molar-refractivity contribution in [2.75, 3.05) is 0 Å². The second kappa shape index (κ2) is 5.96. The first kappa shape index (κ1) is 13.0. The molecule has 1 atom stereocenters. The molecule has 0 radical (unpaired) electrons. The van der Waals surface area contributed by atoms with Gasteiger partial charge in [-0.1, -0.05) is 12.1 Å². The number of hydrogen-bond acceptors (Lipinski definition) is 4. The summed E-state index contributed by atoms with van der Waals surface area (Å²) in [5, 5.41) is 9.31. The van der Waals surface area contributed by atoms with E-state index >= 15 is 0 Å². The summed E-state index contributed by atoms with van der Waals surface area (Å²) in [5.74, 6) is 0.425. The first-order valence-electron chi connectivity index (χ1n) is 6.13. The van der Waals surface area contributed by atoms with Gasteiger partial charge < -0.3 is 4.74 Å². The number of nitrogens with zero attached hydrogens (tertiary/aromatic N) is 3. The molecule has 0 amide bonds. The minimum absolute atomic E-state index is 0.138. The van der Waals surface area contributed by atoms with Gasteiger partial charge in [0, 0.05) is 6.20 Å². The Labute approximate surface area is 112 Å². The molecule has 1 aromatic heterocycles. The second-order valence-electron chi connectivity index (χ2n) is 4.43. The Morgan fingerprint density at radius 1 is 1.16 bits per heavy atom. The second-order valence-corrected chi connectivity index (χ2v) is 4.43. The summed E-state index contributed by atoms with van der Waals surface area (Å²) in [6, 6.07) is 11.6. The van der Waals surface area contributed by atoms with E-state index in [1.54, 1.807) is 12.3 Å². The van der Waals surface area contributed by atoms with Crippen LogP contribution < -0.4 is 4.74 Å². The Balaban J connectivity index is 2.23. The van der Waals surface area contributed by atoms with Gasteiger partial charge in [-0.2, -0.15) is 5.26 Å². The zero-order valence-corrected chi connectivity index (χ0v) is 10.9. The number of nitriles is 1. The van der Waals surface area contributed by atoms with Gasteiger partial charge in [-0.05, 0) is 37.6 Å². The summed E-state index contributed by atoms with van der Waals surface area (Å²) >= 11 is 0. The SMILES string of the molecule is CC(C)Oc1ccc(C(C#N)c2ccncn2)cc1. The molecule has 0 aliphatic rings. The third-order valence-corrected chi connectivity index (χ3v) is 2.61. The van der Waals surface area contributed by atoms with Crippen molar-refractivity contribution >= 4 is 0 Å². The maximum Gasteiger partial charge on any atom is 0.119 e. The Kier molecular flexibility index (Phi) is 4.09. The van der Waals surface area contributed by atoms with Crippen molar-refractivity contribution in [1.82, 2.24) is 9.97 Å². The largest absolute Gasteiger partial charge is 0.491 e. The van der Waals surface area contributed by atoms with Crippen LogP contribution in [0.1, 0.15) is 31.0 Å². The van der Waals surface area contributed by atoms with Gasteiger partial charge in [0.1, 0.15) is 18.0 Å². The van der Waals surface area contributed by atoms with Gasteiger partial charge in [0.25, 0.3) is 0 Å². The van der Waals surface area contributed by atoms with Crippen molar-refractivity contribution in [2.45, 2.75) is 25.9 Å². The van der Waals surface area contributed by atoms with E-state index < -0.39 is 0 Å². The number of aromatic nitrogens is 2. The maximum atomic E-state index is 9.31. The smallest absolute Gasteiger partial charge is 0.119 e. The first-order valence-corrected chi connectivity index (χ1v) is 6.13. The third kappa shape index (κ3) is 3.29. The Morgan fingerprint density at radius 3 is 2.42 bits per heavy atom. The highest BCUT2D eigenvalue weighted by Crippen LogP contribution is 2.24. The molecular formula is C15H15N3O. The molecule has 0 aliphatic heterocycles. The predicted molar refractivity (Wildman–Crippen MR) is 71.7 cm³/mol. The minimum atomic E-state index is -0.379. The normalized spacial score (nSPS) is 11.9. The lowest BCUT2D eigenvalue weighted by molar-refractivity contribution is 0.242. The highest BCUT2D eigenvalue weighted by atomic mass is 16.5. The van der Waals surface area contributed by atoms with Crippen LogP contribution in [0.5, 0.6) is 5.75 Å². The average molecular weight is 253 g/mol. The number of ether oxygens (including phenoxy) is 1. The van der Waals surface area contributed by atoms with Gasteiger partial charge in [-0.25, -0.2) is 9.97 Å². The number of rotatable bonds is 4. The van der Waals surface area contributed by atoms with Crippen molar-refractivity contribution in [3.63, 3.8) is 0 Å². The molecular weight excluding hydrogens is 238 g/mol. The summed E-state index contributed by atoms with van der Waals surface area (Å²) in [6.45, 7) is 3.96. The van der Waals surface area contributed by atoms with E-state index in [0.29, 0.717) is 5.69 Å². The molecule has 0 saturated heterocycles. The van der Waals surface area contributed by atoms with E-state index in [0.717, 1.165) is 11.3 Å². The van der Waals surface area contributed by atoms with Crippen molar-refractivity contribution in [3.05, 3.63) is 54.1 Å². The zero-order valence-electron chi connectivity index (χ0n) is 10.9. The lowest BCUT2D eigenvalue weighted by atomic mass is 9.97. The third-order valence-electron chi connectivity index (χ3n) is 2.61. The molecule has 0 fully saturated rings. The van der Waals surface area contributed by atoms with Crippen molar-refractivity contribution in [2.24, 2.45) is 0 Å². The van der Waals surface area contributed by atoms with Crippen LogP contribution in [0.25, 0.3) is 0 Å². The van der Waals surface area contributed by atoms with Crippen molar-refractivity contribution in [3.8, 4) is 11.8 Å². The Bertz CT molecular complexity index is 558. The molecule has 1 heterocycles. The van der Waals surface area contributed by atoms with Gasteiger partial charge in [-0.3, -0.25) is 0 Å². The predicted octanol–water partition coefficient (Wildman–Crippen LogP) is 2.92. The van der Waals surface area contributed by atoms with Crippen LogP contribution >= 0.6 is 0 Å². The van der Waals surface area contributed by atoms with E-state index in [1.165, 1.54) is 6.33 Å². The highest BCUT2D eigenvalue weighted by molar-refractivity contribution is 5.37. The van der Waals surface area contributed by atoms with Crippen LogP contribution in [0.4, 0.5) is 0 Å². The van der Waals surface area contributed by atoms with Gasteiger partial charge >= 0.3 is 0 Å². The fourth-order valence-electron chi connectivity index (χ4n) is 1.79. The summed E-state index contributed by atoms with van der Waals surface area (Å²) in [4.78, 5) is 7.99. The fourth-order valence-corrected chi connectivity index (χ4v) is 1.79. The van der Waals surface area contributed by atoms with Crippen LogP contribution in [0.2, 0.25) is 0 Å². The van der Waals surface area contributed by atoms with E-state index in [2.05, 4.69) is 16.0 Å². The van der Waals surface area contributed by atoms with Crippen molar-refractivity contribution < 1.29 is 4.74 Å². The number of benzene rings is 1. The van der Waals surface area contributed by atoms with Gasteiger partial charge in [0.15, 0.2) is 0 Å². The molecule has 96 valence electrons. The average Bonchev–Trinajstić information content (AvgIpc) is 2.42. The summed E-state index contributed by atoms with van der Waals surface area (Å²) in [6.07, 6.45) is 3.23. The summed E-state index contributed by atoms with van der Waals surface area (Å²) < 4.78 is 5.58. The van der Waals surface area contributed by atoms with Crippen LogP contribution in [0.15, 0.2) is 42.9 Å². The van der Waals surface area contributed by atoms with E-state index in [1.807, 2.05) is 38.1 Å². The lowest BCUT2D eigenvalue weighted by Gasteiger charge is -2.12. The lowest BCUT2D eigenvalue weighted by Crippen LogP contribution is -2.06. The van der Waals surface area contributed by atoms with Gasteiger partial charge in [-0.15, -0.1) is 0 Å². The van der Waals surface area contributed by atoms with Gasteiger partial charge in [0.2, 0.25) is 0 Å². The van der Waals surface area contributed by atoms with E-state index in [9.17, 15) is 5.26 Å². The van der Waals surface area contributed by atoms with Gasteiger partial charge in [0.05, 0.1) is 17.9 Å². The number of hydrogen-bond donors (Lipinski definition) is 0. The van der Waals surface area contributed by atoms with Crippen LogP contribution in [-0.4, -0.2) is 16.1 Å². The molecule has 0 N–H and O–H groups in total. The molecule has 0 spiro atoms. The van der Waals surface area contributed by atoms with Crippen LogP contribution in [0.3, 0.4) is 0 Å². The molecule has 2 rings (SSSR count). The molecule has 19 heavy (non-hydrogen) atoms. The van der Waals surface area contributed by atoms with Crippen LogP contribution in [-0.2, 0) is 0 Å².